The molecule has 1 nitrogen and oxygen atoms in total. The fraction of sp³-hybridized carbons (Fsp3) is 0.0357. The van der Waals surface area contributed by atoms with Crippen molar-refractivity contribution in [3.8, 4) is 56.3 Å². The molecular formula is C56H37NS. The van der Waals surface area contributed by atoms with E-state index in [0.29, 0.717) is 0 Å². The Kier molecular flexibility index (Phi) is 8.17. The molecule has 8 aromatic carbocycles. The second-order valence-corrected chi connectivity index (χ2v) is 15.5. The van der Waals surface area contributed by atoms with Crippen LogP contribution < -0.4 is 4.90 Å². The highest BCUT2D eigenvalue weighted by Gasteiger charge is 2.52. The molecule has 0 atom stereocenters. The van der Waals surface area contributed by atoms with Crippen molar-refractivity contribution < 1.29 is 0 Å². The van der Waals surface area contributed by atoms with Crippen molar-refractivity contribution in [3.63, 3.8) is 0 Å². The van der Waals surface area contributed by atoms with Gasteiger partial charge in [-0.2, -0.15) is 0 Å². The summed E-state index contributed by atoms with van der Waals surface area (Å²) >= 11 is 5.10. The van der Waals surface area contributed by atoms with Gasteiger partial charge in [0.05, 0.1) is 11.1 Å². The van der Waals surface area contributed by atoms with Gasteiger partial charge in [0.25, 0.3) is 0 Å². The molecule has 0 amide bonds. The Labute approximate surface area is 345 Å². The van der Waals surface area contributed by atoms with Crippen LogP contribution in [0.4, 0.5) is 17.1 Å². The van der Waals surface area contributed by atoms with Gasteiger partial charge < -0.3 is 4.90 Å². The molecule has 0 aliphatic heterocycles. The summed E-state index contributed by atoms with van der Waals surface area (Å²) in [6.07, 6.45) is 7.01. The van der Waals surface area contributed by atoms with Crippen LogP contribution in [0.2, 0.25) is 0 Å². The fourth-order valence-corrected chi connectivity index (χ4v) is 9.99. The van der Waals surface area contributed by atoms with Gasteiger partial charge in [-0.1, -0.05) is 182 Å². The first kappa shape index (κ1) is 34.2. The zero-order valence-corrected chi connectivity index (χ0v) is 32.6. The minimum absolute atomic E-state index is 0.428. The Balaban J connectivity index is 1.10. The van der Waals surface area contributed by atoms with Gasteiger partial charge in [-0.25, -0.2) is 0 Å². The number of fused-ring (bicyclic) bond motifs is 10. The van der Waals surface area contributed by atoms with Crippen molar-refractivity contribution in [1.29, 1.82) is 0 Å². The van der Waals surface area contributed by atoms with E-state index in [1.807, 2.05) is 0 Å². The number of hydrogen-bond donors (Lipinski definition) is 1. The summed E-state index contributed by atoms with van der Waals surface area (Å²) in [6, 6.07) is 68.9. The Morgan fingerprint density at radius 2 is 0.966 bits per heavy atom. The first-order valence-corrected chi connectivity index (χ1v) is 20.3. The molecule has 8 aromatic rings. The Morgan fingerprint density at radius 3 is 1.66 bits per heavy atom. The molecule has 0 saturated carbocycles. The van der Waals surface area contributed by atoms with Crippen LogP contribution in [0.25, 0.3) is 50.1 Å². The maximum Gasteiger partial charge on any atom is 0.0726 e. The van der Waals surface area contributed by atoms with Gasteiger partial charge in [0.15, 0.2) is 0 Å². The van der Waals surface area contributed by atoms with Crippen molar-refractivity contribution in [2.24, 2.45) is 0 Å². The van der Waals surface area contributed by atoms with E-state index in [0.717, 1.165) is 50.6 Å². The number of thiol groups is 1. The maximum atomic E-state index is 5.10. The summed E-state index contributed by atoms with van der Waals surface area (Å²) in [6.45, 7) is 0. The largest absolute Gasteiger partial charge is 0.310 e. The molecule has 272 valence electrons. The molecule has 11 rings (SSSR count). The van der Waals surface area contributed by atoms with Crippen molar-refractivity contribution in [2.75, 3.05) is 4.90 Å². The average Bonchev–Trinajstić information content (AvgIpc) is 3.59. The normalized spacial score (nSPS) is 13.7. The van der Waals surface area contributed by atoms with E-state index < -0.39 is 5.41 Å². The van der Waals surface area contributed by atoms with E-state index >= 15 is 0 Å². The molecule has 0 N–H and O–H groups in total. The van der Waals surface area contributed by atoms with E-state index in [1.165, 1.54) is 55.6 Å². The van der Waals surface area contributed by atoms with Crippen LogP contribution >= 0.6 is 12.6 Å². The van der Waals surface area contributed by atoms with Crippen LogP contribution in [0.15, 0.2) is 211 Å². The molecule has 0 saturated heterocycles. The Morgan fingerprint density at radius 1 is 0.448 bits per heavy atom. The van der Waals surface area contributed by atoms with Crippen molar-refractivity contribution in [1.82, 2.24) is 0 Å². The van der Waals surface area contributed by atoms with Crippen LogP contribution in [0.1, 0.15) is 34.2 Å². The molecule has 0 radical (unpaired) electrons. The summed E-state index contributed by atoms with van der Waals surface area (Å²) in [5.41, 5.74) is 20.0. The minimum atomic E-state index is -0.428. The minimum Gasteiger partial charge on any atom is -0.310 e. The first-order valence-electron chi connectivity index (χ1n) is 19.9. The van der Waals surface area contributed by atoms with E-state index in [-0.39, 0.29) is 0 Å². The highest BCUT2D eigenvalue weighted by Crippen LogP contribution is 2.64. The number of rotatable bonds is 6. The van der Waals surface area contributed by atoms with Crippen LogP contribution in [-0.2, 0) is 5.41 Å². The second-order valence-electron chi connectivity index (χ2n) is 15.1. The van der Waals surface area contributed by atoms with Crippen LogP contribution in [0.5, 0.6) is 0 Å². The van der Waals surface area contributed by atoms with Crippen LogP contribution in [-0.4, -0.2) is 0 Å². The lowest BCUT2D eigenvalue weighted by Gasteiger charge is -2.32. The first-order chi connectivity index (χ1) is 28.7. The van der Waals surface area contributed by atoms with Gasteiger partial charge in [-0.15, -0.1) is 12.6 Å². The second kappa shape index (κ2) is 13.9. The van der Waals surface area contributed by atoms with Gasteiger partial charge in [0.1, 0.15) is 0 Å². The van der Waals surface area contributed by atoms with E-state index in [4.69, 9.17) is 12.6 Å². The number of nitrogens with zero attached hydrogens (tertiary/aromatic N) is 1. The highest BCUT2D eigenvalue weighted by molar-refractivity contribution is 7.80. The van der Waals surface area contributed by atoms with Crippen LogP contribution in [0, 0.1) is 11.8 Å². The topological polar surface area (TPSA) is 3.24 Å². The average molecular weight is 756 g/mol. The SMILES string of the molecule is Sc1c(C2=CC=CCC#C2)cccc1-c1ccc(N(c2ccc(-c3ccccc3)cc2)c2cccc3c2-c2ccccc2C32c3ccccc3-c3ccccc32)cc1. The standard InChI is InChI=1S/C56H37NS/c58-55-44(40-18-4-1-2-5-19-40)23-14-24-45(55)41-32-36-43(37-33-41)57(42-34-30-39(31-35-42)38-16-6-3-7-17-38)53-29-15-28-52-54(53)48-22-10-13-27-51(48)56(52)49-25-11-8-20-46(49)47-21-9-12-26-50(47)56/h1,3-4,6-18,20-37,58H,2H2. The molecular weight excluding hydrogens is 719 g/mol. The van der Waals surface area contributed by atoms with Crippen LogP contribution in [0.3, 0.4) is 0 Å². The van der Waals surface area contributed by atoms with E-state index in [1.54, 1.807) is 0 Å². The molecule has 3 aliphatic rings. The van der Waals surface area contributed by atoms with Crippen molar-refractivity contribution in [3.05, 3.63) is 234 Å². The third kappa shape index (κ3) is 5.21. The number of hydrogen-bond acceptors (Lipinski definition) is 2. The molecule has 0 bridgehead atoms. The lowest BCUT2D eigenvalue weighted by Crippen LogP contribution is -2.26. The molecule has 0 aromatic heterocycles. The Hall–Kier alpha value is -7.05. The molecule has 3 aliphatic carbocycles. The van der Waals surface area contributed by atoms with Gasteiger partial charge >= 0.3 is 0 Å². The predicted molar refractivity (Wildman–Crippen MR) is 245 cm³/mol. The van der Waals surface area contributed by atoms with Gasteiger partial charge in [-0.3, -0.25) is 0 Å². The summed E-state index contributed by atoms with van der Waals surface area (Å²) in [5, 5.41) is 0. The number of anilines is 3. The fourth-order valence-electron chi connectivity index (χ4n) is 9.59. The number of benzene rings is 8. The lowest BCUT2D eigenvalue weighted by molar-refractivity contribution is 0.794. The van der Waals surface area contributed by atoms with Gasteiger partial charge in [0, 0.05) is 39.4 Å². The van der Waals surface area contributed by atoms with E-state index in [9.17, 15) is 0 Å². The molecule has 0 fully saturated rings. The Bertz CT molecular complexity index is 2980. The third-order valence-electron chi connectivity index (χ3n) is 12.1. The smallest absolute Gasteiger partial charge is 0.0726 e. The zero-order chi connectivity index (χ0) is 38.6. The summed E-state index contributed by atoms with van der Waals surface area (Å²) in [7, 11) is 0. The molecule has 2 heteroatoms. The molecule has 0 unspecified atom stereocenters. The third-order valence-corrected chi connectivity index (χ3v) is 12.6. The lowest BCUT2D eigenvalue weighted by atomic mass is 9.70. The molecule has 0 heterocycles. The predicted octanol–water partition coefficient (Wildman–Crippen LogP) is 14.5. The van der Waals surface area contributed by atoms with Gasteiger partial charge in [0.2, 0.25) is 0 Å². The van der Waals surface area contributed by atoms with Crippen molar-refractivity contribution >= 4 is 35.3 Å². The maximum absolute atomic E-state index is 5.10. The monoisotopic (exact) mass is 755 g/mol. The van der Waals surface area contributed by atoms with Crippen molar-refractivity contribution in [2.45, 2.75) is 16.7 Å². The van der Waals surface area contributed by atoms with Gasteiger partial charge in [-0.05, 0) is 97.6 Å². The molecule has 58 heavy (non-hydrogen) atoms. The quantitative estimate of drug-likeness (QED) is 0.131. The molecule has 1 spiro atoms. The number of allylic oxidation sites excluding steroid dienone is 4. The summed E-state index contributed by atoms with van der Waals surface area (Å²) < 4.78 is 0. The summed E-state index contributed by atoms with van der Waals surface area (Å²) in [5.74, 6) is 6.59. The highest BCUT2D eigenvalue weighted by atomic mass is 32.1. The van der Waals surface area contributed by atoms with E-state index in [2.05, 4.69) is 223 Å². The zero-order valence-electron chi connectivity index (χ0n) is 31.7. The summed E-state index contributed by atoms with van der Waals surface area (Å²) in [4.78, 5) is 3.37.